The van der Waals surface area contributed by atoms with Crippen LogP contribution in [0.3, 0.4) is 0 Å². The van der Waals surface area contributed by atoms with E-state index in [2.05, 4.69) is 29.2 Å². The number of carbonyl (C=O) groups is 1. The molecule has 0 bridgehead atoms. The molecule has 1 aliphatic heterocycles. The zero-order valence-corrected chi connectivity index (χ0v) is 14.7. The Kier molecular flexibility index (Phi) is 4.79. The molecule has 4 heteroatoms. The summed E-state index contributed by atoms with van der Waals surface area (Å²) in [6.07, 6.45) is 8.53. The van der Waals surface area contributed by atoms with Crippen LogP contribution in [0.15, 0.2) is 42.7 Å². The van der Waals surface area contributed by atoms with E-state index in [1.807, 2.05) is 23.4 Å². The molecular weight excluding hydrogens is 310 g/mol. The lowest BCUT2D eigenvalue weighted by molar-refractivity contribution is -0.917. The lowest BCUT2D eigenvalue weighted by Crippen LogP contribution is -3.13. The van der Waals surface area contributed by atoms with Gasteiger partial charge in [0.2, 0.25) is 0 Å². The molecule has 1 N–H and O–H groups in total. The number of rotatable bonds is 3. The molecule has 1 saturated heterocycles. The Morgan fingerprint density at radius 2 is 1.72 bits per heavy atom. The maximum Gasteiger partial charge on any atom is 0.254 e. The van der Waals surface area contributed by atoms with E-state index in [0.29, 0.717) is 0 Å². The summed E-state index contributed by atoms with van der Waals surface area (Å²) in [7, 11) is 0. The fraction of sp³-hybridized carbons (Fsp3) is 0.429. The van der Waals surface area contributed by atoms with Gasteiger partial charge in [0.15, 0.2) is 0 Å². The second-order valence-electron chi connectivity index (χ2n) is 7.27. The van der Waals surface area contributed by atoms with E-state index >= 15 is 0 Å². The summed E-state index contributed by atoms with van der Waals surface area (Å²) in [6.45, 7) is 4.73. The number of piperazine rings is 1. The number of quaternary nitrogens is 1. The van der Waals surface area contributed by atoms with Crippen molar-refractivity contribution in [2.75, 3.05) is 26.2 Å². The minimum atomic E-state index is 0.205. The van der Waals surface area contributed by atoms with Crippen LogP contribution in [0, 0.1) is 0 Å². The molecule has 4 nitrogen and oxygen atoms in total. The van der Waals surface area contributed by atoms with Crippen molar-refractivity contribution in [3.63, 3.8) is 0 Å². The van der Waals surface area contributed by atoms with Crippen molar-refractivity contribution in [3.8, 4) is 0 Å². The number of carbonyl (C=O) groups excluding carboxylic acids is 1. The molecule has 25 heavy (non-hydrogen) atoms. The maximum atomic E-state index is 12.9. The number of fused-ring (bicyclic) bond motifs is 1. The van der Waals surface area contributed by atoms with Crippen LogP contribution in [-0.2, 0) is 19.4 Å². The molecule has 2 aromatic rings. The largest absolute Gasteiger partial charge is 0.328 e. The third-order valence-electron chi connectivity index (χ3n) is 5.56. The Morgan fingerprint density at radius 3 is 2.48 bits per heavy atom. The number of benzene rings is 1. The normalized spacial score (nSPS) is 18.0. The van der Waals surface area contributed by atoms with Crippen LogP contribution in [0.2, 0.25) is 0 Å². The number of aromatic nitrogens is 1. The monoisotopic (exact) mass is 336 g/mol. The van der Waals surface area contributed by atoms with Crippen molar-refractivity contribution in [2.24, 2.45) is 0 Å². The van der Waals surface area contributed by atoms with Crippen molar-refractivity contribution in [3.05, 3.63) is 65.0 Å². The molecule has 0 saturated carbocycles. The van der Waals surface area contributed by atoms with Crippen molar-refractivity contribution in [1.82, 2.24) is 9.88 Å². The maximum absolute atomic E-state index is 12.9. The SMILES string of the molecule is O=C(c1ccc2c(c1)CCCC2)N1CC[NH+](Cc2ccncc2)CC1. The van der Waals surface area contributed by atoms with Gasteiger partial charge in [-0.05, 0) is 61.1 Å². The zero-order chi connectivity index (χ0) is 17.1. The molecule has 1 aromatic carbocycles. The smallest absolute Gasteiger partial charge is 0.254 e. The van der Waals surface area contributed by atoms with Crippen LogP contribution in [0.1, 0.15) is 39.9 Å². The summed E-state index contributed by atoms with van der Waals surface area (Å²) in [4.78, 5) is 20.5. The molecule has 0 spiro atoms. The Hall–Kier alpha value is -2.20. The van der Waals surface area contributed by atoms with Crippen molar-refractivity contribution in [2.45, 2.75) is 32.2 Å². The van der Waals surface area contributed by atoms with Crippen molar-refractivity contribution in [1.29, 1.82) is 0 Å². The molecule has 2 aliphatic rings. The van der Waals surface area contributed by atoms with E-state index in [1.54, 1.807) is 4.90 Å². The fourth-order valence-electron chi connectivity index (χ4n) is 4.04. The van der Waals surface area contributed by atoms with Crippen molar-refractivity contribution < 1.29 is 9.69 Å². The van der Waals surface area contributed by atoms with E-state index in [1.165, 1.54) is 36.0 Å². The topological polar surface area (TPSA) is 37.6 Å². The second-order valence-corrected chi connectivity index (χ2v) is 7.27. The van der Waals surface area contributed by atoms with E-state index < -0.39 is 0 Å². The van der Waals surface area contributed by atoms with Gasteiger partial charge in [-0.3, -0.25) is 9.78 Å². The molecule has 1 aliphatic carbocycles. The summed E-state index contributed by atoms with van der Waals surface area (Å²) in [6, 6.07) is 10.5. The Balaban J connectivity index is 1.36. The van der Waals surface area contributed by atoms with Crippen LogP contribution < -0.4 is 4.90 Å². The number of nitrogens with zero attached hydrogens (tertiary/aromatic N) is 2. The Bertz CT molecular complexity index is 736. The number of hydrogen-bond donors (Lipinski definition) is 1. The number of aryl methyl sites for hydroxylation is 2. The molecule has 1 aromatic heterocycles. The van der Waals surface area contributed by atoms with Crippen LogP contribution in [-0.4, -0.2) is 42.0 Å². The molecule has 1 fully saturated rings. The predicted molar refractivity (Wildman–Crippen MR) is 97.6 cm³/mol. The minimum Gasteiger partial charge on any atom is -0.328 e. The quantitative estimate of drug-likeness (QED) is 0.922. The van der Waals surface area contributed by atoms with Crippen LogP contribution in [0.25, 0.3) is 0 Å². The van der Waals surface area contributed by atoms with Gasteiger partial charge >= 0.3 is 0 Å². The third kappa shape index (κ3) is 3.74. The second kappa shape index (κ2) is 7.36. The van der Waals surface area contributed by atoms with Gasteiger partial charge in [0.25, 0.3) is 5.91 Å². The molecule has 4 rings (SSSR count). The molecule has 0 atom stereocenters. The van der Waals surface area contributed by atoms with Crippen molar-refractivity contribution >= 4 is 5.91 Å². The van der Waals surface area contributed by atoms with Crippen LogP contribution in [0.4, 0.5) is 0 Å². The van der Waals surface area contributed by atoms with Gasteiger partial charge in [0.05, 0.1) is 26.2 Å². The third-order valence-corrected chi connectivity index (χ3v) is 5.56. The first-order valence-electron chi connectivity index (χ1n) is 9.43. The average molecular weight is 336 g/mol. The van der Waals surface area contributed by atoms with E-state index in [9.17, 15) is 4.79 Å². The summed E-state index contributed by atoms with van der Waals surface area (Å²) in [5.41, 5.74) is 5.02. The first kappa shape index (κ1) is 16.3. The average Bonchev–Trinajstić information content (AvgIpc) is 2.68. The first-order chi connectivity index (χ1) is 12.3. The molecule has 0 unspecified atom stereocenters. The number of hydrogen-bond acceptors (Lipinski definition) is 2. The van der Waals surface area contributed by atoms with Gasteiger partial charge < -0.3 is 9.80 Å². The van der Waals surface area contributed by atoms with E-state index in [4.69, 9.17) is 0 Å². The predicted octanol–water partition coefficient (Wildman–Crippen LogP) is 1.50. The highest BCUT2D eigenvalue weighted by Gasteiger charge is 2.25. The summed E-state index contributed by atoms with van der Waals surface area (Å²) in [5.74, 6) is 0.205. The fourth-order valence-corrected chi connectivity index (χ4v) is 4.04. The minimum absolute atomic E-state index is 0.205. The Labute approximate surface area is 149 Å². The van der Waals surface area contributed by atoms with Gasteiger partial charge in [-0.25, -0.2) is 0 Å². The molecular formula is C21H26N3O+. The number of nitrogens with one attached hydrogen (secondary N) is 1. The summed E-state index contributed by atoms with van der Waals surface area (Å²) < 4.78 is 0. The van der Waals surface area contributed by atoms with Crippen LogP contribution in [0.5, 0.6) is 0 Å². The summed E-state index contributed by atoms with van der Waals surface area (Å²) >= 11 is 0. The zero-order valence-electron chi connectivity index (χ0n) is 14.7. The molecule has 130 valence electrons. The highest BCUT2D eigenvalue weighted by atomic mass is 16.2. The van der Waals surface area contributed by atoms with E-state index in [-0.39, 0.29) is 5.91 Å². The van der Waals surface area contributed by atoms with Gasteiger partial charge in [-0.1, -0.05) is 6.07 Å². The first-order valence-corrected chi connectivity index (χ1v) is 9.43. The lowest BCUT2D eigenvalue weighted by atomic mass is 9.90. The van der Waals surface area contributed by atoms with Gasteiger partial charge in [-0.2, -0.15) is 0 Å². The van der Waals surface area contributed by atoms with E-state index in [0.717, 1.165) is 44.7 Å². The molecule has 2 heterocycles. The summed E-state index contributed by atoms with van der Waals surface area (Å²) in [5, 5.41) is 0. The van der Waals surface area contributed by atoms with Gasteiger partial charge in [-0.15, -0.1) is 0 Å². The van der Waals surface area contributed by atoms with Gasteiger partial charge in [0.1, 0.15) is 6.54 Å². The Morgan fingerprint density at radius 1 is 1.00 bits per heavy atom. The lowest BCUT2D eigenvalue weighted by Gasteiger charge is -2.32. The van der Waals surface area contributed by atoms with Gasteiger partial charge in [0, 0.05) is 23.5 Å². The van der Waals surface area contributed by atoms with Crippen LogP contribution >= 0.6 is 0 Å². The number of amides is 1. The molecule has 1 amide bonds. The molecule has 0 radical (unpaired) electrons. The highest BCUT2D eigenvalue weighted by Crippen LogP contribution is 2.22. The highest BCUT2D eigenvalue weighted by molar-refractivity contribution is 5.94. The number of pyridine rings is 1. The standard InChI is InChI=1S/C21H25N3O/c25-21(20-6-5-18-3-1-2-4-19(18)15-20)24-13-11-23(12-14-24)16-17-7-9-22-10-8-17/h5-10,15H,1-4,11-14,16H2/p+1.